The average molecular weight is 380 g/mol. The van der Waals surface area contributed by atoms with Crippen LogP contribution in [0.5, 0.6) is 0 Å². The Morgan fingerprint density at radius 3 is 2.70 bits per heavy atom. The number of carbonyl (C=O) groups is 2. The van der Waals surface area contributed by atoms with Crippen LogP contribution in [0.4, 0.5) is 4.39 Å². The number of rotatable bonds is 2. The summed E-state index contributed by atoms with van der Waals surface area (Å²) >= 11 is 0. The lowest BCUT2D eigenvalue weighted by molar-refractivity contribution is -0.185. The Morgan fingerprint density at radius 1 is 1.33 bits per heavy atom. The molecular formula is C21H29FO5. The SMILES string of the molecule is C[C@@]12CCC(=O)C=C1[C@@H](F)C[C@@H]1[C@@H]2[C@H](O)C[C@]2(C)[C@@H]1CC[C@]2(O)C(=O)CO. The molecule has 0 spiro atoms. The van der Waals surface area contributed by atoms with E-state index in [1.165, 1.54) is 6.08 Å². The molecule has 0 saturated heterocycles. The van der Waals surface area contributed by atoms with E-state index in [2.05, 4.69) is 0 Å². The van der Waals surface area contributed by atoms with Gasteiger partial charge in [-0.15, -0.1) is 0 Å². The fraction of sp³-hybridized carbons (Fsp3) is 0.810. The Balaban J connectivity index is 1.77. The zero-order valence-electron chi connectivity index (χ0n) is 15.9. The molecule has 3 saturated carbocycles. The second-order valence-electron chi connectivity index (χ2n) is 9.65. The molecule has 0 aromatic heterocycles. The van der Waals surface area contributed by atoms with Gasteiger partial charge in [0.2, 0.25) is 0 Å². The fourth-order valence-electron chi connectivity index (χ4n) is 7.29. The van der Waals surface area contributed by atoms with Gasteiger partial charge in [-0.2, -0.15) is 0 Å². The Labute approximate surface area is 158 Å². The van der Waals surface area contributed by atoms with Gasteiger partial charge in [-0.3, -0.25) is 9.59 Å². The predicted molar refractivity (Wildman–Crippen MR) is 95.4 cm³/mol. The summed E-state index contributed by atoms with van der Waals surface area (Å²) in [6, 6.07) is 0. The van der Waals surface area contributed by atoms with Crippen LogP contribution >= 0.6 is 0 Å². The van der Waals surface area contributed by atoms with Crippen molar-refractivity contribution in [3.05, 3.63) is 11.6 Å². The van der Waals surface area contributed by atoms with Crippen LogP contribution < -0.4 is 0 Å². The van der Waals surface area contributed by atoms with Crippen LogP contribution in [-0.2, 0) is 9.59 Å². The average Bonchev–Trinajstić information content (AvgIpc) is 2.87. The number of hydrogen-bond donors (Lipinski definition) is 3. The van der Waals surface area contributed by atoms with Gasteiger partial charge in [0.05, 0.1) is 6.10 Å². The molecule has 0 aromatic carbocycles. The summed E-state index contributed by atoms with van der Waals surface area (Å²) in [6.07, 6.45) is 1.57. The summed E-state index contributed by atoms with van der Waals surface area (Å²) in [6.45, 7) is 3.03. The zero-order valence-corrected chi connectivity index (χ0v) is 15.9. The van der Waals surface area contributed by atoms with Crippen molar-refractivity contribution in [1.29, 1.82) is 0 Å². The maximum Gasteiger partial charge on any atom is 0.190 e. The topological polar surface area (TPSA) is 94.8 Å². The number of fused-ring (bicyclic) bond motifs is 5. The normalized spacial score (nSPS) is 51.9. The molecule has 0 amide bonds. The second-order valence-corrected chi connectivity index (χ2v) is 9.65. The van der Waals surface area contributed by atoms with Crippen molar-refractivity contribution in [2.24, 2.45) is 28.6 Å². The number of carbonyl (C=O) groups excluding carboxylic acids is 2. The van der Waals surface area contributed by atoms with Crippen molar-refractivity contribution in [2.75, 3.05) is 6.61 Å². The van der Waals surface area contributed by atoms with E-state index in [4.69, 9.17) is 0 Å². The molecule has 0 unspecified atom stereocenters. The van der Waals surface area contributed by atoms with E-state index < -0.39 is 41.1 Å². The molecule has 5 nitrogen and oxygen atoms in total. The van der Waals surface area contributed by atoms with Crippen molar-refractivity contribution in [2.45, 2.75) is 70.2 Å². The lowest BCUT2D eigenvalue weighted by Gasteiger charge is -2.61. The third kappa shape index (κ3) is 2.33. The number of ketones is 2. The molecule has 27 heavy (non-hydrogen) atoms. The monoisotopic (exact) mass is 380 g/mol. The van der Waals surface area contributed by atoms with E-state index in [0.29, 0.717) is 24.8 Å². The Morgan fingerprint density at radius 2 is 2.04 bits per heavy atom. The van der Waals surface area contributed by atoms with Crippen molar-refractivity contribution >= 4 is 11.6 Å². The molecule has 0 aliphatic heterocycles. The molecule has 0 radical (unpaired) electrons. The summed E-state index contributed by atoms with van der Waals surface area (Å²) in [5.74, 6) is -1.11. The number of hydrogen-bond acceptors (Lipinski definition) is 5. The lowest BCUT2D eigenvalue weighted by atomic mass is 9.45. The standard InChI is InChI=1S/C21H29FO5/c1-19-5-3-11(24)7-14(19)15(22)8-12-13-4-6-21(27,17(26)10-23)20(13,2)9-16(25)18(12)19/h7,12-13,15-16,18,23,25,27H,3-6,8-10H2,1-2H3/t12-,13+,15-,16+,18+,19+,20+,21-/m0/s1. The Bertz CT molecular complexity index is 719. The third-order valence-corrected chi connectivity index (χ3v) is 8.63. The third-order valence-electron chi connectivity index (χ3n) is 8.63. The molecule has 0 bridgehead atoms. The van der Waals surface area contributed by atoms with Crippen LogP contribution in [0.1, 0.15) is 52.4 Å². The molecule has 4 rings (SSSR count). The van der Waals surface area contributed by atoms with Gasteiger partial charge in [0.15, 0.2) is 11.6 Å². The summed E-state index contributed by atoms with van der Waals surface area (Å²) < 4.78 is 15.2. The van der Waals surface area contributed by atoms with E-state index in [1.807, 2.05) is 13.8 Å². The first-order valence-corrected chi connectivity index (χ1v) is 10.0. The van der Waals surface area contributed by atoms with Gasteiger partial charge < -0.3 is 15.3 Å². The van der Waals surface area contributed by atoms with Crippen LogP contribution in [0, 0.1) is 28.6 Å². The smallest absolute Gasteiger partial charge is 0.190 e. The number of aliphatic hydroxyl groups excluding tert-OH is 2. The molecule has 0 heterocycles. The minimum absolute atomic E-state index is 0.0532. The molecule has 8 atom stereocenters. The van der Waals surface area contributed by atoms with Crippen molar-refractivity contribution < 1.29 is 29.3 Å². The van der Waals surface area contributed by atoms with E-state index in [-0.39, 0.29) is 42.8 Å². The summed E-state index contributed by atoms with van der Waals surface area (Å²) in [7, 11) is 0. The van der Waals surface area contributed by atoms with Crippen LogP contribution in [-0.4, -0.2) is 51.4 Å². The molecular weight excluding hydrogens is 351 g/mol. The maximum atomic E-state index is 15.2. The first-order chi connectivity index (χ1) is 12.6. The van der Waals surface area contributed by atoms with Crippen LogP contribution in [0.2, 0.25) is 0 Å². The lowest BCUT2D eigenvalue weighted by Crippen LogP contribution is -2.63. The second kappa shape index (κ2) is 5.94. The van der Waals surface area contributed by atoms with Gasteiger partial charge in [-0.25, -0.2) is 4.39 Å². The molecule has 150 valence electrons. The zero-order chi connectivity index (χ0) is 19.8. The predicted octanol–water partition coefficient (Wildman–Crippen LogP) is 1.73. The van der Waals surface area contributed by atoms with Gasteiger partial charge in [0, 0.05) is 11.8 Å². The minimum Gasteiger partial charge on any atom is -0.393 e. The highest BCUT2D eigenvalue weighted by atomic mass is 19.1. The highest BCUT2D eigenvalue weighted by Gasteiger charge is 2.69. The molecule has 3 N–H and O–H groups in total. The van der Waals surface area contributed by atoms with Gasteiger partial charge in [0.1, 0.15) is 18.4 Å². The Kier molecular flexibility index (Phi) is 4.23. The van der Waals surface area contributed by atoms with Crippen molar-refractivity contribution in [3.63, 3.8) is 0 Å². The number of allylic oxidation sites excluding steroid dienone is 1. The molecule has 0 aromatic rings. The maximum absolute atomic E-state index is 15.2. The fourth-order valence-corrected chi connectivity index (χ4v) is 7.29. The number of aliphatic hydroxyl groups is 3. The summed E-state index contributed by atoms with van der Waals surface area (Å²) in [5.41, 5.74) is -2.61. The summed E-state index contributed by atoms with van der Waals surface area (Å²) in [4.78, 5) is 24.2. The Hall–Kier alpha value is -1.11. The first kappa shape index (κ1) is 19.2. The van der Waals surface area contributed by atoms with E-state index >= 15 is 4.39 Å². The van der Waals surface area contributed by atoms with Gasteiger partial charge in [-0.05, 0) is 66.9 Å². The highest BCUT2D eigenvalue weighted by Crippen LogP contribution is 2.67. The van der Waals surface area contributed by atoms with E-state index in [9.17, 15) is 24.9 Å². The number of Topliss-reactive ketones (excluding diaryl/α,β-unsaturated/α-hetero) is 1. The minimum atomic E-state index is -1.68. The van der Waals surface area contributed by atoms with Gasteiger partial charge >= 0.3 is 0 Å². The molecule has 4 aliphatic carbocycles. The number of halogens is 1. The highest BCUT2D eigenvalue weighted by molar-refractivity contribution is 5.92. The van der Waals surface area contributed by atoms with Crippen LogP contribution in [0.3, 0.4) is 0 Å². The van der Waals surface area contributed by atoms with Crippen molar-refractivity contribution in [3.8, 4) is 0 Å². The van der Waals surface area contributed by atoms with Gasteiger partial charge in [-0.1, -0.05) is 13.8 Å². The van der Waals surface area contributed by atoms with Gasteiger partial charge in [0.25, 0.3) is 0 Å². The molecule has 4 aliphatic rings. The number of alkyl halides is 1. The molecule has 3 fully saturated rings. The summed E-state index contributed by atoms with van der Waals surface area (Å²) in [5, 5.41) is 31.6. The molecule has 6 heteroatoms. The first-order valence-electron chi connectivity index (χ1n) is 10.0. The van der Waals surface area contributed by atoms with Crippen LogP contribution in [0.25, 0.3) is 0 Å². The van der Waals surface area contributed by atoms with Crippen LogP contribution in [0.15, 0.2) is 11.6 Å². The van der Waals surface area contributed by atoms with Crippen molar-refractivity contribution in [1.82, 2.24) is 0 Å². The largest absolute Gasteiger partial charge is 0.393 e. The quantitative estimate of drug-likeness (QED) is 0.678. The van der Waals surface area contributed by atoms with E-state index in [0.717, 1.165) is 0 Å². The van der Waals surface area contributed by atoms with E-state index in [1.54, 1.807) is 0 Å².